The number of hydrogen-bond acceptors (Lipinski definition) is 3. The highest BCUT2D eigenvalue weighted by molar-refractivity contribution is 5.99. The number of benzene rings is 2. The van der Waals surface area contributed by atoms with Crippen LogP contribution in [0.1, 0.15) is 47.3 Å². The summed E-state index contributed by atoms with van der Waals surface area (Å²) >= 11 is 0. The Balaban J connectivity index is 2.17. The van der Waals surface area contributed by atoms with Crippen LogP contribution >= 0.6 is 0 Å². The van der Waals surface area contributed by atoms with Gasteiger partial charge in [-0.15, -0.1) is 0 Å². The van der Waals surface area contributed by atoms with Crippen molar-refractivity contribution in [2.45, 2.75) is 38.7 Å². The zero-order valence-electron chi connectivity index (χ0n) is 13.5. The maximum Gasteiger partial charge on any atom is 0.340 e. The first kappa shape index (κ1) is 15.5. The number of esters is 1. The Kier molecular flexibility index (Phi) is 4.03. The molecule has 1 aliphatic rings. The molecule has 0 fully saturated rings. The minimum absolute atomic E-state index is 0.0652. The molecular weight excluding hydrogens is 288 g/mol. The molecule has 0 saturated heterocycles. The third-order valence-electron chi connectivity index (χ3n) is 4.54. The number of ketones is 1. The zero-order valence-corrected chi connectivity index (χ0v) is 13.5. The Morgan fingerprint density at radius 1 is 1.09 bits per heavy atom. The van der Waals surface area contributed by atoms with Crippen molar-refractivity contribution >= 4 is 11.8 Å². The number of fused-ring (bicyclic) bond motifs is 1. The molecule has 0 bridgehead atoms. The van der Waals surface area contributed by atoms with Crippen LogP contribution in [0.5, 0.6) is 0 Å². The highest BCUT2D eigenvalue weighted by Gasteiger charge is 2.47. The summed E-state index contributed by atoms with van der Waals surface area (Å²) in [5, 5.41) is 0. The topological polar surface area (TPSA) is 43.4 Å². The monoisotopic (exact) mass is 308 g/mol. The van der Waals surface area contributed by atoms with E-state index in [0.29, 0.717) is 18.4 Å². The largest absolute Gasteiger partial charge is 0.442 e. The Hall–Kier alpha value is -2.42. The fraction of sp³-hybridized carbons (Fsp3) is 0.300. The summed E-state index contributed by atoms with van der Waals surface area (Å²) in [5.74, 6) is -0.459. The summed E-state index contributed by atoms with van der Waals surface area (Å²) < 4.78 is 5.79. The molecule has 118 valence electrons. The molecule has 3 nitrogen and oxygen atoms in total. The lowest BCUT2D eigenvalue weighted by molar-refractivity contribution is -0.140. The van der Waals surface area contributed by atoms with Crippen molar-refractivity contribution in [1.82, 2.24) is 0 Å². The average molecular weight is 308 g/mol. The Morgan fingerprint density at radius 3 is 2.48 bits per heavy atom. The molecule has 1 atom stereocenters. The van der Waals surface area contributed by atoms with Gasteiger partial charge in [0, 0.05) is 18.4 Å². The summed E-state index contributed by atoms with van der Waals surface area (Å²) in [6.45, 7) is 3.82. The summed E-state index contributed by atoms with van der Waals surface area (Å²) in [6, 6.07) is 15.2. The average Bonchev–Trinajstić information content (AvgIpc) is 2.60. The van der Waals surface area contributed by atoms with Gasteiger partial charge in [0.05, 0.1) is 5.56 Å². The molecule has 2 aromatic carbocycles. The van der Waals surface area contributed by atoms with E-state index in [1.165, 1.54) is 0 Å². The minimum atomic E-state index is -1.20. The molecule has 2 aromatic rings. The van der Waals surface area contributed by atoms with Crippen LogP contribution < -0.4 is 0 Å². The van der Waals surface area contributed by atoms with Gasteiger partial charge in [-0.25, -0.2) is 4.79 Å². The zero-order chi connectivity index (χ0) is 16.4. The fourth-order valence-corrected chi connectivity index (χ4v) is 3.34. The molecule has 0 amide bonds. The van der Waals surface area contributed by atoms with Gasteiger partial charge in [0.2, 0.25) is 0 Å². The second-order valence-electron chi connectivity index (χ2n) is 5.84. The van der Waals surface area contributed by atoms with Crippen molar-refractivity contribution in [2.24, 2.45) is 0 Å². The molecule has 1 heterocycles. The maximum atomic E-state index is 12.7. The van der Waals surface area contributed by atoms with E-state index in [4.69, 9.17) is 4.74 Å². The van der Waals surface area contributed by atoms with Crippen LogP contribution in [0.15, 0.2) is 48.5 Å². The summed E-state index contributed by atoms with van der Waals surface area (Å²) in [6.07, 6.45) is 1.49. The van der Waals surface area contributed by atoms with E-state index in [9.17, 15) is 9.59 Å². The van der Waals surface area contributed by atoms with E-state index in [-0.39, 0.29) is 5.78 Å². The standard InChI is InChI=1S/C20H20O3/c1-3-14-9-8-10-15-13-20(17(21)4-2,23-19(22)18(14)15)16-11-6-5-7-12-16/h5-12H,3-4,13H2,1-2H3. The number of cyclic esters (lactones) is 1. The van der Waals surface area contributed by atoms with E-state index in [0.717, 1.165) is 23.1 Å². The van der Waals surface area contributed by atoms with Crippen LogP contribution in [0, 0.1) is 0 Å². The molecule has 0 aliphatic carbocycles. The first-order chi connectivity index (χ1) is 11.1. The number of ether oxygens (including phenoxy) is 1. The van der Waals surface area contributed by atoms with Gasteiger partial charge in [0.1, 0.15) is 0 Å². The normalized spacial score (nSPS) is 19.8. The van der Waals surface area contributed by atoms with Gasteiger partial charge < -0.3 is 4.74 Å². The molecule has 0 spiro atoms. The van der Waals surface area contributed by atoms with E-state index < -0.39 is 11.6 Å². The van der Waals surface area contributed by atoms with Crippen molar-refractivity contribution in [3.63, 3.8) is 0 Å². The number of Topliss-reactive ketones (excluding diaryl/α,β-unsaturated/α-hetero) is 1. The molecule has 0 saturated carbocycles. The second kappa shape index (κ2) is 5.99. The third kappa shape index (κ3) is 2.46. The van der Waals surface area contributed by atoms with Crippen molar-refractivity contribution in [2.75, 3.05) is 0 Å². The summed E-state index contributed by atoms with van der Waals surface area (Å²) in [4.78, 5) is 25.4. The second-order valence-corrected chi connectivity index (χ2v) is 5.84. The van der Waals surface area contributed by atoms with Gasteiger partial charge in [-0.05, 0) is 17.5 Å². The number of carbonyl (C=O) groups is 2. The van der Waals surface area contributed by atoms with Crippen LogP contribution in [-0.2, 0) is 28.0 Å². The van der Waals surface area contributed by atoms with E-state index >= 15 is 0 Å². The minimum Gasteiger partial charge on any atom is -0.442 e. The number of carbonyl (C=O) groups excluding carboxylic acids is 2. The summed E-state index contributed by atoms with van der Waals surface area (Å²) in [5.41, 5.74) is 2.04. The number of hydrogen-bond donors (Lipinski definition) is 0. The van der Waals surface area contributed by atoms with E-state index in [1.54, 1.807) is 6.92 Å². The van der Waals surface area contributed by atoms with Gasteiger partial charge in [0.25, 0.3) is 0 Å². The molecule has 1 unspecified atom stereocenters. The van der Waals surface area contributed by atoms with Gasteiger partial charge >= 0.3 is 5.97 Å². The molecule has 1 aliphatic heterocycles. The fourth-order valence-electron chi connectivity index (χ4n) is 3.34. The van der Waals surface area contributed by atoms with Crippen LogP contribution in [-0.4, -0.2) is 11.8 Å². The van der Waals surface area contributed by atoms with Gasteiger partial charge in [0.15, 0.2) is 11.4 Å². The SMILES string of the molecule is CCC(=O)C1(c2ccccc2)Cc2cccc(CC)c2C(=O)O1. The molecule has 3 heteroatoms. The Morgan fingerprint density at radius 2 is 1.83 bits per heavy atom. The van der Waals surface area contributed by atoms with Crippen molar-refractivity contribution in [1.29, 1.82) is 0 Å². The van der Waals surface area contributed by atoms with Gasteiger partial charge in [-0.3, -0.25) is 4.79 Å². The maximum absolute atomic E-state index is 12.7. The quantitative estimate of drug-likeness (QED) is 0.806. The smallest absolute Gasteiger partial charge is 0.340 e. The molecule has 0 N–H and O–H groups in total. The van der Waals surface area contributed by atoms with Crippen molar-refractivity contribution < 1.29 is 14.3 Å². The van der Waals surface area contributed by atoms with E-state index in [1.807, 2.05) is 55.5 Å². The predicted molar refractivity (Wildman–Crippen MR) is 88.4 cm³/mol. The lowest BCUT2D eigenvalue weighted by atomic mass is 9.78. The molecular formula is C20H20O3. The van der Waals surface area contributed by atoms with Crippen LogP contribution in [0.2, 0.25) is 0 Å². The molecule has 23 heavy (non-hydrogen) atoms. The van der Waals surface area contributed by atoms with Crippen LogP contribution in [0.3, 0.4) is 0 Å². The highest BCUT2D eigenvalue weighted by Crippen LogP contribution is 2.39. The van der Waals surface area contributed by atoms with Crippen LogP contribution in [0.25, 0.3) is 0 Å². The lowest BCUT2D eigenvalue weighted by Gasteiger charge is -2.37. The first-order valence-corrected chi connectivity index (χ1v) is 8.05. The van der Waals surface area contributed by atoms with Crippen molar-refractivity contribution in [3.8, 4) is 0 Å². The predicted octanol–water partition coefficient (Wildman–Crippen LogP) is 3.84. The van der Waals surface area contributed by atoms with Gasteiger partial charge in [-0.1, -0.05) is 62.4 Å². The molecule has 0 radical (unpaired) electrons. The first-order valence-electron chi connectivity index (χ1n) is 8.05. The Bertz CT molecular complexity index is 749. The highest BCUT2D eigenvalue weighted by atomic mass is 16.6. The lowest BCUT2D eigenvalue weighted by Crippen LogP contribution is -2.46. The summed E-state index contributed by atoms with van der Waals surface area (Å²) in [7, 11) is 0. The van der Waals surface area contributed by atoms with E-state index in [2.05, 4.69) is 0 Å². The number of rotatable bonds is 4. The number of aryl methyl sites for hydroxylation is 1. The van der Waals surface area contributed by atoms with Crippen LogP contribution in [0.4, 0.5) is 0 Å². The molecule has 3 rings (SSSR count). The molecule has 0 aromatic heterocycles. The third-order valence-corrected chi connectivity index (χ3v) is 4.54. The van der Waals surface area contributed by atoms with Crippen molar-refractivity contribution in [3.05, 3.63) is 70.8 Å². The Labute approximate surface area is 136 Å². The van der Waals surface area contributed by atoms with Gasteiger partial charge in [-0.2, -0.15) is 0 Å².